The van der Waals surface area contributed by atoms with Gasteiger partial charge < -0.3 is 5.32 Å². The molecule has 0 aromatic rings. The highest BCUT2D eigenvalue weighted by Gasteiger charge is 2.50. The van der Waals surface area contributed by atoms with Crippen LogP contribution in [0.25, 0.3) is 0 Å². The Labute approximate surface area is 177 Å². The molecule has 0 aliphatic carbocycles. The van der Waals surface area contributed by atoms with Crippen molar-refractivity contribution in [3.63, 3.8) is 0 Å². The molecule has 4 heteroatoms. The SMILES string of the molecule is [B]C1(C)CC2(CN(C)CN(C(C)(C)C)C1C)C(C)CC(C)CNC(C)CC2C. The van der Waals surface area contributed by atoms with Crippen molar-refractivity contribution in [3.05, 3.63) is 0 Å². The molecule has 1 N–H and O–H groups in total. The summed E-state index contributed by atoms with van der Waals surface area (Å²) < 4.78 is 0. The van der Waals surface area contributed by atoms with Gasteiger partial charge in [-0.05, 0) is 90.6 Å². The minimum absolute atomic E-state index is 0.113. The molecule has 2 aliphatic rings. The fourth-order valence-corrected chi connectivity index (χ4v) is 6.32. The molecule has 2 radical (unpaired) electrons. The molecule has 7 unspecified atom stereocenters. The van der Waals surface area contributed by atoms with Gasteiger partial charge in [-0.25, -0.2) is 0 Å². The number of rotatable bonds is 0. The highest BCUT2D eigenvalue weighted by Crippen LogP contribution is 2.54. The number of nitrogens with one attached hydrogen (secondary N) is 1. The molecule has 2 heterocycles. The van der Waals surface area contributed by atoms with Gasteiger partial charge in [-0.15, -0.1) is 0 Å². The van der Waals surface area contributed by atoms with Crippen molar-refractivity contribution in [1.82, 2.24) is 15.1 Å². The van der Waals surface area contributed by atoms with E-state index < -0.39 is 0 Å². The fraction of sp³-hybridized carbons (Fsp3) is 1.00. The van der Waals surface area contributed by atoms with E-state index in [0.29, 0.717) is 29.8 Å². The second-order valence-corrected chi connectivity index (χ2v) is 12.1. The first-order valence-electron chi connectivity index (χ1n) is 11.7. The lowest BCUT2D eigenvalue weighted by Crippen LogP contribution is -2.60. The van der Waals surface area contributed by atoms with Crippen LogP contribution in [0.3, 0.4) is 0 Å². The minimum atomic E-state index is -0.203. The van der Waals surface area contributed by atoms with Crippen LogP contribution in [0.4, 0.5) is 0 Å². The van der Waals surface area contributed by atoms with E-state index >= 15 is 0 Å². The molecule has 7 atom stereocenters. The van der Waals surface area contributed by atoms with Crippen LogP contribution in [0.1, 0.15) is 81.6 Å². The summed E-state index contributed by atoms with van der Waals surface area (Å²) in [5.74, 6) is 2.03. The van der Waals surface area contributed by atoms with Crippen LogP contribution in [0.2, 0.25) is 5.31 Å². The van der Waals surface area contributed by atoms with E-state index in [-0.39, 0.29) is 16.3 Å². The van der Waals surface area contributed by atoms with Crippen molar-refractivity contribution in [1.29, 1.82) is 0 Å². The number of hydrogen-bond acceptors (Lipinski definition) is 3. The van der Waals surface area contributed by atoms with E-state index in [0.717, 1.165) is 26.2 Å². The normalized spacial score (nSPS) is 45.7. The molecule has 0 aromatic heterocycles. The lowest BCUT2D eigenvalue weighted by Gasteiger charge is -2.58. The predicted molar refractivity (Wildman–Crippen MR) is 124 cm³/mol. The number of nitrogens with zero attached hydrogens (tertiary/aromatic N) is 2. The maximum atomic E-state index is 7.18. The molecule has 0 aromatic carbocycles. The Morgan fingerprint density at radius 3 is 2.14 bits per heavy atom. The van der Waals surface area contributed by atoms with Gasteiger partial charge in [0.2, 0.25) is 0 Å². The van der Waals surface area contributed by atoms with Crippen LogP contribution in [0.5, 0.6) is 0 Å². The Kier molecular flexibility index (Phi) is 7.43. The van der Waals surface area contributed by atoms with Crippen LogP contribution >= 0.6 is 0 Å². The monoisotopic (exact) mass is 389 g/mol. The first-order valence-corrected chi connectivity index (χ1v) is 11.7. The van der Waals surface area contributed by atoms with E-state index in [1.807, 2.05) is 0 Å². The van der Waals surface area contributed by atoms with Crippen LogP contribution in [-0.2, 0) is 0 Å². The van der Waals surface area contributed by atoms with Crippen molar-refractivity contribution >= 4 is 7.85 Å². The predicted octanol–water partition coefficient (Wildman–Crippen LogP) is 4.78. The third-order valence-corrected chi connectivity index (χ3v) is 8.19. The highest BCUT2D eigenvalue weighted by atomic mass is 15.3. The zero-order valence-corrected chi connectivity index (χ0v) is 20.6. The second kappa shape index (κ2) is 8.59. The Bertz CT molecular complexity index is 494. The van der Waals surface area contributed by atoms with Crippen molar-refractivity contribution in [2.45, 2.75) is 105 Å². The first-order chi connectivity index (χ1) is 12.7. The van der Waals surface area contributed by atoms with Gasteiger partial charge in [0, 0.05) is 24.2 Å². The molecule has 2 rings (SSSR count). The summed E-state index contributed by atoms with van der Waals surface area (Å²) in [5.41, 5.74) is 0.367. The topological polar surface area (TPSA) is 18.5 Å². The van der Waals surface area contributed by atoms with Crippen LogP contribution in [0.15, 0.2) is 0 Å². The lowest BCUT2D eigenvalue weighted by atomic mass is 9.50. The lowest BCUT2D eigenvalue weighted by molar-refractivity contribution is -0.0674. The van der Waals surface area contributed by atoms with Gasteiger partial charge in [-0.3, -0.25) is 9.80 Å². The van der Waals surface area contributed by atoms with Gasteiger partial charge in [0.25, 0.3) is 0 Å². The Morgan fingerprint density at radius 2 is 1.57 bits per heavy atom. The molecule has 2 fully saturated rings. The van der Waals surface area contributed by atoms with Crippen LogP contribution < -0.4 is 5.32 Å². The van der Waals surface area contributed by atoms with Crippen molar-refractivity contribution in [2.24, 2.45) is 23.2 Å². The van der Waals surface area contributed by atoms with Gasteiger partial charge >= 0.3 is 0 Å². The van der Waals surface area contributed by atoms with E-state index in [4.69, 9.17) is 7.85 Å². The molecule has 2 aliphatic heterocycles. The quantitative estimate of drug-likeness (QED) is 0.602. The average molecular weight is 389 g/mol. The zero-order chi connectivity index (χ0) is 21.5. The fourth-order valence-electron chi connectivity index (χ4n) is 6.32. The smallest absolute Gasteiger partial charge is 0.0764 e. The van der Waals surface area contributed by atoms with Gasteiger partial charge in [-0.2, -0.15) is 0 Å². The van der Waals surface area contributed by atoms with Crippen molar-refractivity contribution < 1.29 is 0 Å². The molecule has 0 amide bonds. The van der Waals surface area contributed by atoms with Crippen LogP contribution in [-0.4, -0.2) is 62.1 Å². The second-order valence-electron chi connectivity index (χ2n) is 12.1. The zero-order valence-electron chi connectivity index (χ0n) is 20.6. The molecule has 162 valence electrons. The molecule has 1 spiro atoms. The van der Waals surface area contributed by atoms with E-state index in [2.05, 4.69) is 84.5 Å². The van der Waals surface area contributed by atoms with Crippen molar-refractivity contribution in [2.75, 3.05) is 26.8 Å². The van der Waals surface area contributed by atoms with Gasteiger partial charge in [-0.1, -0.05) is 33.0 Å². The molecule has 0 saturated carbocycles. The molecule has 28 heavy (non-hydrogen) atoms. The maximum Gasteiger partial charge on any atom is 0.0764 e. The Morgan fingerprint density at radius 1 is 1.00 bits per heavy atom. The third kappa shape index (κ3) is 5.16. The molecule has 3 nitrogen and oxygen atoms in total. The van der Waals surface area contributed by atoms with E-state index in [1.165, 1.54) is 12.8 Å². The Balaban J connectivity index is 2.48. The van der Waals surface area contributed by atoms with E-state index in [9.17, 15) is 0 Å². The summed E-state index contributed by atoms with van der Waals surface area (Å²) in [6.07, 6.45) is 3.61. The van der Waals surface area contributed by atoms with Gasteiger partial charge in [0.05, 0.1) is 14.5 Å². The summed E-state index contributed by atoms with van der Waals surface area (Å²) >= 11 is 0. The standard InChI is InChI=1S/C24H48BN3/c1-17-11-18(2)24(19(3)12-20(4)26-13-17)14-23(9,25)21(5)28(22(6,7)8)16-27(10)15-24/h17-21,26H,11-16H2,1-10H3. The largest absolute Gasteiger partial charge is 0.314 e. The molecule has 2 saturated heterocycles. The maximum absolute atomic E-state index is 7.18. The molecule has 0 bridgehead atoms. The summed E-state index contributed by atoms with van der Waals surface area (Å²) in [4.78, 5) is 5.20. The highest BCUT2D eigenvalue weighted by molar-refractivity contribution is 6.15. The van der Waals surface area contributed by atoms with Gasteiger partial charge in [0.1, 0.15) is 0 Å². The van der Waals surface area contributed by atoms with Crippen molar-refractivity contribution in [3.8, 4) is 0 Å². The summed E-state index contributed by atoms with van der Waals surface area (Å²) in [7, 11) is 9.50. The average Bonchev–Trinajstić information content (AvgIpc) is 2.56. The summed E-state index contributed by atoms with van der Waals surface area (Å²) in [6.45, 7) is 24.7. The van der Waals surface area contributed by atoms with Crippen LogP contribution in [0, 0.1) is 23.2 Å². The minimum Gasteiger partial charge on any atom is -0.314 e. The molecular formula is C24H48BN3. The number of hydrogen-bond donors (Lipinski definition) is 1. The van der Waals surface area contributed by atoms with E-state index in [1.54, 1.807) is 0 Å². The molecular weight excluding hydrogens is 341 g/mol. The first kappa shape index (κ1) is 24.2. The third-order valence-electron chi connectivity index (χ3n) is 8.19. The Hall–Kier alpha value is -0.0551. The van der Waals surface area contributed by atoms with Gasteiger partial charge in [0.15, 0.2) is 0 Å². The summed E-state index contributed by atoms with van der Waals surface area (Å²) in [6, 6.07) is 0.912. The summed E-state index contributed by atoms with van der Waals surface area (Å²) in [5, 5.41) is 3.59.